The predicted molar refractivity (Wildman–Crippen MR) is 99.5 cm³/mol. The third kappa shape index (κ3) is 8.89. The van der Waals surface area contributed by atoms with Crippen LogP contribution in [0.2, 0.25) is 0 Å². The molecule has 0 aromatic heterocycles. The molecule has 4 nitrogen and oxygen atoms in total. The molecule has 1 fully saturated rings. The molecule has 0 spiro atoms. The van der Waals surface area contributed by atoms with Crippen molar-refractivity contribution in [1.82, 2.24) is 0 Å². The summed E-state index contributed by atoms with van der Waals surface area (Å²) in [5.41, 5.74) is 2.02. The molecule has 1 aliphatic rings. The zero-order valence-electron chi connectivity index (χ0n) is 15.1. The van der Waals surface area contributed by atoms with Gasteiger partial charge in [-0.05, 0) is 44.6 Å². The molecule has 0 unspecified atom stereocenters. The molecular weight excluding hydrogens is 316 g/mol. The van der Waals surface area contributed by atoms with Gasteiger partial charge in [0.05, 0.1) is 0 Å². The second kappa shape index (κ2) is 11.2. The van der Waals surface area contributed by atoms with Crippen LogP contribution >= 0.6 is 0 Å². The highest BCUT2D eigenvalue weighted by atomic mass is 16.4. The van der Waals surface area contributed by atoms with Crippen molar-refractivity contribution in [2.24, 2.45) is 5.92 Å². The molecule has 0 radical (unpaired) electrons. The van der Waals surface area contributed by atoms with Crippen LogP contribution in [0.1, 0.15) is 51.5 Å². The zero-order valence-corrected chi connectivity index (χ0v) is 15.1. The zero-order chi connectivity index (χ0) is 18.7. The van der Waals surface area contributed by atoms with E-state index in [1.807, 2.05) is 36.4 Å². The number of allylic oxidation sites excluding steroid dienone is 2. The van der Waals surface area contributed by atoms with Crippen LogP contribution in [-0.2, 0) is 16.0 Å². The van der Waals surface area contributed by atoms with E-state index in [0.717, 1.165) is 5.56 Å². The maximum atomic E-state index is 10.5. The third-order valence-corrected chi connectivity index (χ3v) is 4.30. The predicted octanol–water partition coefficient (Wildman–Crippen LogP) is 4.86. The van der Waals surface area contributed by atoms with Gasteiger partial charge < -0.3 is 10.2 Å². The minimum absolute atomic E-state index is 0.392. The van der Waals surface area contributed by atoms with Crippen LogP contribution in [-0.4, -0.2) is 22.2 Å². The first-order valence-corrected chi connectivity index (χ1v) is 8.76. The smallest absolute Gasteiger partial charge is 0.330 e. The second-order valence-electron chi connectivity index (χ2n) is 6.43. The van der Waals surface area contributed by atoms with Gasteiger partial charge in [-0.25, -0.2) is 9.59 Å². The lowest BCUT2D eigenvalue weighted by molar-refractivity contribution is -0.133. The number of carboxylic acids is 2. The van der Waals surface area contributed by atoms with Crippen LogP contribution in [0.25, 0.3) is 0 Å². The molecule has 1 aliphatic carbocycles. The van der Waals surface area contributed by atoms with Crippen LogP contribution in [0.4, 0.5) is 0 Å². The number of benzene rings is 1. The van der Waals surface area contributed by atoms with Crippen molar-refractivity contribution in [2.75, 3.05) is 0 Å². The normalized spacial score (nSPS) is 15.9. The van der Waals surface area contributed by atoms with Crippen LogP contribution in [0.5, 0.6) is 0 Å². The number of carboxylic acid groups (broad SMARTS) is 2. The lowest BCUT2D eigenvalue weighted by atomic mass is 9.88. The van der Waals surface area contributed by atoms with Gasteiger partial charge in [0.15, 0.2) is 0 Å². The van der Waals surface area contributed by atoms with E-state index in [1.165, 1.54) is 32.1 Å². The third-order valence-electron chi connectivity index (χ3n) is 4.30. The second-order valence-corrected chi connectivity index (χ2v) is 6.43. The van der Waals surface area contributed by atoms with E-state index in [0.29, 0.717) is 23.5 Å². The topological polar surface area (TPSA) is 74.6 Å². The van der Waals surface area contributed by atoms with E-state index in [2.05, 4.69) is 0 Å². The molecule has 25 heavy (non-hydrogen) atoms. The Morgan fingerprint density at radius 2 is 1.52 bits per heavy atom. The van der Waals surface area contributed by atoms with Crippen molar-refractivity contribution < 1.29 is 19.8 Å². The number of hydrogen-bond acceptors (Lipinski definition) is 2. The van der Waals surface area contributed by atoms with E-state index in [9.17, 15) is 9.59 Å². The van der Waals surface area contributed by atoms with E-state index in [-0.39, 0.29) is 0 Å². The summed E-state index contributed by atoms with van der Waals surface area (Å²) in [4.78, 5) is 21.0. The van der Waals surface area contributed by atoms with Crippen molar-refractivity contribution in [1.29, 1.82) is 0 Å². The summed E-state index contributed by atoms with van der Waals surface area (Å²) in [5.74, 6) is -1.11. The van der Waals surface area contributed by atoms with Gasteiger partial charge in [-0.15, -0.1) is 0 Å². The minimum atomic E-state index is -0.851. The highest BCUT2D eigenvalue weighted by Gasteiger charge is 2.12. The number of hydrogen-bond donors (Lipinski definition) is 2. The molecule has 0 aliphatic heterocycles. The first kappa shape index (κ1) is 20.7. The number of carbonyl (C=O) groups is 2. The van der Waals surface area contributed by atoms with Crippen LogP contribution < -0.4 is 0 Å². The first-order chi connectivity index (χ1) is 11.9. The van der Waals surface area contributed by atoms with Gasteiger partial charge in [0, 0.05) is 11.1 Å². The Morgan fingerprint density at radius 1 is 0.960 bits per heavy atom. The Balaban J connectivity index is 0.000000251. The molecule has 4 heteroatoms. The summed E-state index contributed by atoms with van der Waals surface area (Å²) in [6, 6.07) is 9.78. The van der Waals surface area contributed by atoms with Crippen molar-refractivity contribution >= 4 is 11.9 Å². The minimum Gasteiger partial charge on any atom is -0.478 e. The molecule has 0 heterocycles. The van der Waals surface area contributed by atoms with Crippen LogP contribution in [0.3, 0.4) is 0 Å². The fraction of sp³-hybridized carbons (Fsp3) is 0.429. The lowest BCUT2D eigenvalue weighted by Crippen LogP contribution is -2.06. The quantitative estimate of drug-likeness (QED) is 0.748. The number of aliphatic carboxylic acids is 2. The molecular formula is C21H28O4. The summed E-state index contributed by atoms with van der Waals surface area (Å²) in [6.45, 7) is 3.28. The Hall–Kier alpha value is -2.36. The first-order valence-electron chi connectivity index (χ1n) is 8.76. The average molecular weight is 344 g/mol. The van der Waals surface area contributed by atoms with Crippen molar-refractivity contribution in [3.8, 4) is 0 Å². The fourth-order valence-electron chi connectivity index (χ4n) is 2.70. The summed E-state index contributed by atoms with van der Waals surface area (Å²) >= 11 is 0. The van der Waals surface area contributed by atoms with Gasteiger partial charge in [0.2, 0.25) is 0 Å². The Labute approximate surface area is 149 Å². The molecule has 2 N–H and O–H groups in total. The van der Waals surface area contributed by atoms with E-state index in [4.69, 9.17) is 10.2 Å². The molecule has 1 aromatic rings. The highest BCUT2D eigenvalue weighted by Crippen LogP contribution is 2.25. The summed E-state index contributed by atoms with van der Waals surface area (Å²) in [6.07, 6.45) is 10.5. The van der Waals surface area contributed by atoms with E-state index < -0.39 is 11.9 Å². The van der Waals surface area contributed by atoms with Crippen LogP contribution in [0.15, 0.2) is 53.6 Å². The van der Waals surface area contributed by atoms with Crippen LogP contribution in [0, 0.1) is 5.92 Å². The maximum Gasteiger partial charge on any atom is 0.330 e. The van der Waals surface area contributed by atoms with Gasteiger partial charge in [0.1, 0.15) is 0 Å². The summed E-state index contributed by atoms with van der Waals surface area (Å²) in [5, 5.41) is 17.2. The van der Waals surface area contributed by atoms with Gasteiger partial charge in [-0.2, -0.15) is 0 Å². The number of rotatable bonds is 5. The van der Waals surface area contributed by atoms with E-state index >= 15 is 0 Å². The van der Waals surface area contributed by atoms with Crippen molar-refractivity contribution in [3.63, 3.8) is 0 Å². The molecule has 0 bridgehead atoms. The molecule has 0 amide bonds. The largest absolute Gasteiger partial charge is 0.478 e. The molecule has 2 rings (SSSR count). The Bertz CT molecular complexity index is 608. The SMILES string of the molecule is CC(=CC1CCCCC1)C(=O)O.CC(=CCc1ccccc1)C(=O)O. The monoisotopic (exact) mass is 344 g/mol. The molecule has 0 atom stereocenters. The van der Waals surface area contributed by atoms with Gasteiger partial charge in [0.25, 0.3) is 0 Å². The van der Waals surface area contributed by atoms with Gasteiger partial charge in [-0.3, -0.25) is 0 Å². The Kier molecular flexibility index (Phi) is 9.30. The Morgan fingerprint density at radius 3 is 2.04 bits per heavy atom. The van der Waals surface area contributed by atoms with Crippen molar-refractivity contribution in [3.05, 3.63) is 59.2 Å². The van der Waals surface area contributed by atoms with Crippen molar-refractivity contribution in [2.45, 2.75) is 52.4 Å². The maximum absolute atomic E-state index is 10.5. The lowest BCUT2D eigenvalue weighted by Gasteiger charge is -2.18. The summed E-state index contributed by atoms with van der Waals surface area (Å²) in [7, 11) is 0. The summed E-state index contributed by atoms with van der Waals surface area (Å²) < 4.78 is 0. The fourth-order valence-corrected chi connectivity index (χ4v) is 2.70. The van der Waals surface area contributed by atoms with E-state index in [1.54, 1.807) is 19.9 Å². The highest BCUT2D eigenvalue weighted by molar-refractivity contribution is 5.86. The molecule has 0 saturated heterocycles. The van der Waals surface area contributed by atoms with Gasteiger partial charge >= 0.3 is 11.9 Å². The standard InChI is InChI=1S/C11H12O2.C10H16O2/c1-9(11(12)13)7-8-10-5-3-2-4-6-10;1-8(10(11)12)7-9-5-3-2-4-6-9/h2-7H,8H2,1H3,(H,12,13);7,9H,2-6H2,1H3,(H,11,12). The average Bonchev–Trinajstić information content (AvgIpc) is 2.61. The van der Waals surface area contributed by atoms with Gasteiger partial charge in [-0.1, -0.05) is 61.7 Å². The molecule has 1 aromatic carbocycles. The molecule has 136 valence electrons. The molecule has 1 saturated carbocycles.